The number of thiophene rings is 1. The number of rotatable bonds is 10. The molecular weight excluding hydrogens is 552 g/mol. The third kappa shape index (κ3) is 6.93. The van der Waals surface area contributed by atoms with Crippen LogP contribution >= 0.6 is 38.9 Å². The minimum Gasteiger partial charge on any atom is -0.481 e. The van der Waals surface area contributed by atoms with Gasteiger partial charge in [0.2, 0.25) is 5.91 Å². The molecule has 2 amide bonds. The van der Waals surface area contributed by atoms with Crippen molar-refractivity contribution in [3.8, 4) is 10.4 Å². The van der Waals surface area contributed by atoms with E-state index in [1.807, 2.05) is 50.2 Å². The fraction of sp³-hybridized carbons (Fsp3) is 0.269. The molecule has 35 heavy (non-hydrogen) atoms. The third-order valence-corrected chi connectivity index (χ3v) is 7.61. The Morgan fingerprint density at radius 1 is 1.06 bits per heavy atom. The van der Waals surface area contributed by atoms with Gasteiger partial charge in [-0.15, -0.1) is 11.3 Å². The number of carbonyl (C=O) groups is 3. The van der Waals surface area contributed by atoms with Crippen LogP contribution in [-0.4, -0.2) is 39.4 Å². The fourth-order valence-electron chi connectivity index (χ4n) is 4.07. The number of halogens is 2. The Morgan fingerprint density at radius 3 is 2.20 bits per heavy atom. The average molecular weight is 578 g/mol. The first-order valence-electron chi connectivity index (χ1n) is 10.9. The molecule has 9 heteroatoms. The zero-order valence-electron chi connectivity index (χ0n) is 19.3. The molecule has 1 aromatic heterocycles. The summed E-state index contributed by atoms with van der Waals surface area (Å²) >= 11 is 11.1. The molecule has 0 saturated heterocycles. The van der Waals surface area contributed by atoms with Crippen molar-refractivity contribution < 1.29 is 19.5 Å². The lowest BCUT2D eigenvalue weighted by Crippen LogP contribution is -2.58. The molecule has 184 valence electrons. The van der Waals surface area contributed by atoms with Gasteiger partial charge in [-0.25, -0.2) is 0 Å². The first-order chi connectivity index (χ1) is 16.5. The number of nitrogens with two attached hydrogens (primary N) is 1. The molecule has 0 aliphatic rings. The van der Waals surface area contributed by atoms with Crippen molar-refractivity contribution in [3.05, 3.63) is 80.6 Å². The van der Waals surface area contributed by atoms with Crippen LogP contribution in [0.3, 0.4) is 0 Å². The van der Waals surface area contributed by atoms with Gasteiger partial charge < -0.3 is 15.7 Å². The van der Waals surface area contributed by atoms with Crippen LogP contribution in [0.2, 0.25) is 5.02 Å². The predicted octanol–water partition coefficient (Wildman–Crippen LogP) is 6.01. The van der Waals surface area contributed by atoms with Gasteiger partial charge in [0.15, 0.2) is 0 Å². The van der Waals surface area contributed by atoms with Crippen LogP contribution < -0.4 is 5.73 Å². The fourth-order valence-corrected chi connectivity index (χ4v) is 5.59. The second-order valence-corrected chi connectivity index (χ2v) is 11.7. The molecule has 2 aromatic carbocycles. The summed E-state index contributed by atoms with van der Waals surface area (Å²) in [6.45, 7) is 3.68. The molecule has 0 spiro atoms. The predicted molar refractivity (Wildman–Crippen MR) is 143 cm³/mol. The summed E-state index contributed by atoms with van der Waals surface area (Å²) < 4.78 is 1.01. The quantitative estimate of drug-likeness (QED) is 0.308. The first-order valence-corrected chi connectivity index (χ1v) is 12.9. The molecule has 0 bridgehead atoms. The van der Waals surface area contributed by atoms with E-state index in [0.717, 1.165) is 19.8 Å². The Bertz CT molecular complexity index is 1210. The standard InChI is InChI=1S/C26H26BrClN2O4S/c1-26(2,15-16-3-9-19(28)10-4-16)30(20(24(29)33)11-14-23(31)32)25(34)18-7-5-17(6-8-18)21-12-13-22(27)35-21/h3-10,12-13,20H,11,14-15H2,1-2H3,(H2,29,33)(H,31,32)/t20-/m0/s1. The van der Waals surface area contributed by atoms with Gasteiger partial charge in [0, 0.05) is 27.4 Å². The molecule has 0 fully saturated rings. The van der Waals surface area contributed by atoms with Crippen LogP contribution in [0.1, 0.15) is 42.6 Å². The van der Waals surface area contributed by atoms with Crippen molar-refractivity contribution >= 4 is 56.7 Å². The maximum Gasteiger partial charge on any atom is 0.303 e. The monoisotopic (exact) mass is 576 g/mol. The van der Waals surface area contributed by atoms with Crippen molar-refractivity contribution in [3.63, 3.8) is 0 Å². The van der Waals surface area contributed by atoms with Gasteiger partial charge in [0.25, 0.3) is 5.91 Å². The van der Waals surface area contributed by atoms with Crippen molar-refractivity contribution in [2.24, 2.45) is 5.73 Å². The molecule has 0 aliphatic carbocycles. The summed E-state index contributed by atoms with van der Waals surface area (Å²) in [7, 11) is 0. The lowest BCUT2D eigenvalue weighted by molar-refractivity contribution is -0.137. The lowest BCUT2D eigenvalue weighted by Gasteiger charge is -2.43. The van der Waals surface area contributed by atoms with Gasteiger partial charge in [-0.1, -0.05) is 35.9 Å². The molecule has 3 N–H and O–H groups in total. The first kappa shape index (κ1) is 26.9. The SMILES string of the molecule is CC(C)(Cc1ccc(Cl)cc1)N(C(=O)c1ccc(-c2ccc(Br)s2)cc1)[C@@H](CCC(=O)O)C(N)=O. The van der Waals surface area contributed by atoms with E-state index in [2.05, 4.69) is 15.9 Å². The minimum absolute atomic E-state index is 0.0816. The van der Waals surface area contributed by atoms with Crippen molar-refractivity contribution in [1.82, 2.24) is 4.90 Å². The zero-order valence-corrected chi connectivity index (χ0v) is 22.5. The molecule has 6 nitrogen and oxygen atoms in total. The Labute approximate surface area is 221 Å². The highest BCUT2D eigenvalue weighted by molar-refractivity contribution is 9.11. The van der Waals surface area contributed by atoms with Crippen molar-refractivity contribution in [1.29, 1.82) is 0 Å². The van der Waals surface area contributed by atoms with Crippen LogP contribution in [0.5, 0.6) is 0 Å². The summed E-state index contributed by atoms with van der Waals surface area (Å²) in [5.41, 5.74) is 7.10. The summed E-state index contributed by atoms with van der Waals surface area (Å²) in [5, 5.41) is 9.81. The number of hydrogen-bond acceptors (Lipinski definition) is 4. The molecule has 1 heterocycles. The molecule has 1 atom stereocenters. The van der Waals surface area contributed by atoms with Gasteiger partial charge in [-0.3, -0.25) is 14.4 Å². The molecular formula is C26H26BrClN2O4S. The van der Waals surface area contributed by atoms with E-state index < -0.39 is 29.4 Å². The highest BCUT2D eigenvalue weighted by Gasteiger charge is 2.39. The largest absolute Gasteiger partial charge is 0.481 e. The van der Waals surface area contributed by atoms with Crippen LogP contribution in [0.25, 0.3) is 10.4 Å². The molecule has 0 unspecified atom stereocenters. The Kier molecular flexibility index (Phi) is 8.74. The van der Waals surface area contributed by atoms with E-state index in [1.165, 1.54) is 4.90 Å². The molecule has 0 saturated carbocycles. The minimum atomic E-state index is -1.09. The Hall–Kier alpha value is -2.68. The van der Waals surface area contributed by atoms with Crippen molar-refractivity contribution in [2.75, 3.05) is 0 Å². The normalized spacial score (nSPS) is 12.2. The van der Waals surface area contributed by atoms with Crippen LogP contribution in [0.4, 0.5) is 0 Å². The van der Waals surface area contributed by atoms with Crippen LogP contribution in [-0.2, 0) is 16.0 Å². The lowest BCUT2D eigenvalue weighted by atomic mass is 9.89. The van der Waals surface area contributed by atoms with Crippen LogP contribution in [0, 0.1) is 0 Å². The van der Waals surface area contributed by atoms with Crippen molar-refractivity contribution in [2.45, 2.75) is 44.7 Å². The molecule has 3 aromatic rings. The zero-order chi connectivity index (χ0) is 25.8. The highest BCUT2D eigenvalue weighted by atomic mass is 79.9. The highest BCUT2D eigenvalue weighted by Crippen LogP contribution is 2.32. The van der Waals surface area contributed by atoms with E-state index in [-0.39, 0.29) is 12.8 Å². The number of carbonyl (C=O) groups excluding carboxylic acids is 2. The summed E-state index contributed by atoms with van der Waals surface area (Å²) in [6, 6.07) is 17.2. The Morgan fingerprint density at radius 2 is 1.69 bits per heavy atom. The number of nitrogens with zero attached hydrogens (tertiary/aromatic N) is 1. The topological polar surface area (TPSA) is 101 Å². The van der Waals surface area contributed by atoms with E-state index in [0.29, 0.717) is 17.0 Å². The Balaban J connectivity index is 1.98. The maximum absolute atomic E-state index is 13.8. The van der Waals surface area contributed by atoms with Gasteiger partial charge in [-0.2, -0.15) is 0 Å². The summed E-state index contributed by atoms with van der Waals surface area (Å²) in [4.78, 5) is 40.1. The second kappa shape index (κ2) is 11.4. The average Bonchev–Trinajstić information content (AvgIpc) is 3.23. The van der Waals surface area contributed by atoms with E-state index in [4.69, 9.17) is 17.3 Å². The number of benzene rings is 2. The third-order valence-electron chi connectivity index (χ3n) is 5.68. The molecule has 0 aliphatic heterocycles. The number of hydrogen-bond donors (Lipinski definition) is 2. The van der Waals surface area contributed by atoms with Crippen LogP contribution in [0.15, 0.2) is 64.5 Å². The van der Waals surface area contributed by atoms with Gasteiger partial charge in [-0.05, 0) is 90.1 Å². The number of primary amides is 1. The molecule has 0 radical (unpaired) electrons. The van der Waals surface area contributed by atoms with E-state index in [1.54, 1.807) is 35.6 Å². The number of carboxylic acid groups (broad SMARTS) is 1. The number of carboxylic acids is 1. The van der Waals surface area contributed by atoms with E-state index in [9.17, 15) is 19.5 Å². The second-order valence-electron chi connectivity index (χ2n) is 8.82. The maximum atomic E-state index is 13.8. The van der Waals surface area contributed by atoms with Gasteiger partial charge in [0.05, 0.1) is 3.79 Å². The summed E-state index contributed by atoms with van der Waals surface area (Å²) in [6.07, 6.45) is 0.0381. The smallest absolute Gasteiger partial charge is 0.303 e. The van der Waals surface area contributed by atoms with E-state index >= 15 is 0 Å². The number of amides is 2. The molecule has 3 rings (SSSR count). The van der Waals surface area contributed by atoms with Gasteiger partial charge >= 0.3 is 5.97 Å². The summed E-state index contributed by atoms with van der Waals surface area (Å²) in [5.74, 6) is -2.20. The van der Waals surface area contributed by atoms with Gasteiger partial charge in [0.1, 0.15) is 6.04 Å². The number of aliphatic carboxylic acids is 1.